The number of nitrogens with zero attached hydrogens (tertiary/aromatic N) is 12. The van der Waals surface area contributed by atoms with Crippen LogP contribution in [0.15, 0.2) is 333 Å². The molecule has 0 aliphatic rings. The molecule has 0 saturated carbocycles. The van der Waals surface area contributed by atoms with Gasteiger partial charge < -0.3 is 54.2 Å². The van der Waals surface area contributed by atoms with Gasteiger partial charge in [0.1, 0.15) is 28.3 Å². The Labute approximate surface area is 779 Å². The van der Waals surface area contributed by atoms with E-state index in [1.807, 2.05) is 309 Å². The van der Waals surface area contributed by atoms with Crippen molar-refractivity contribution in [2.45, 2.75) is 0 Å². The first kappa shape index (κ1) is 83.4. The van der Waals surface area contributed by atoms with Gasteiger partial charge in [0.25, 0.3) is 0 Å². The molecule has 8 aromatic carbocycles. The first-order valence-corrected chi connectivity index (χ1v) is 40.7. The zero-order valence-electron chi connectivity index (χ0n) is 63.6. The van der Waals surface area contributed by atoms with Crippen LogP contribution in [0.1, 0.15) is 0 Å². The first-order chi connectivity index (χ1) is 59.3. The number of hydrogen-bond acceptors (Lipinski definition) is 20. The summed E-state index contributed by atoms with van der Waals surface area (Å²) >= 11 is 6.40. The molecule has 0 radical (unpaired) electrons. The number of imidazole rings is 4. The summed E-state index contributed by atoms with van der Waals surface area (Å²) in [5, 5.41) is 5.81. The standard InChI is InChI=1S/C24H13N3O3.2C24H13N3O2S.C24H13N3OS2.4Pt/c1-2-11-27-18(7-1)15-25-22(27)16-5-3-8-19(13-16)29-20-9-4-6-17(14-20)23-26-21-10-12-28-24(21)30-23;1-2-11-27-18(7-1)15-25-22(27)16-5-3-8-19(13-16)28-20-9-4-6-17(14-20)23-26-21-10-12-30-24(21)29-23;1-2-11-27-18(7-1)15-25-22(27)16-5-3-8-19(13-16)29-20-9-4-6-17(14-20)23-26-21-10-12-28-24(21)30-23;1-2-11-27-18(7-1)15-25-22(27)16-5-3-8-19(13-16)28-20-9-4-6-17(14-20)23-26-21-10-12-29-24(21)30-23;;;;/h4*1-12,15H;;;;/q4*-2;4*+2. The van der Waals surface area contributed by atoms with Gasteiger partial charge in [-0.3, -0.25) is 39.9 Å². The maximum Gasteiger partial charge on any atom is 2.00 e. The summed E-state index contributed by atoms with van der Waals surface area (Å²) in [6, 6.07) is 104. The zero-order valence-corrected chi connectivity index (χ0v) is 75.9. The van der Waals surface area contributed by atoms with Crippen LogP contribution in [0.5, 0.6) is 46.0 Å². The van der Waals surface area contributed by atoms with Crippen molar-refractivity contribution < 1.29 is 121 Å². The summed E-state index contributed by atoms with van der Waals surface area (Å²) in [5.74, 6) is 9.30. The molecule has 16 aromatic heterocycles. The monoisotopic (exact) mass is 2410 g/mol. The van der Waals surface area contributed by atoms with Gasteiger partial charge in [0, 0.05) is 118 Å². The van der Waals surface area contributed by atoms with E-state index in [2.05, 4.69) is 88.8 Å². The maximum atomic E-state index is 6.08. The summed E-state index contributed by atoms with van der Waals surface area (Å²) in [4.78, 5) is 37.9. The number of thiazole rings is 2. The first-order valence-electron chi connectivity index (χ1n) is 37.3. The second kappa shape index (κ2) is 37.5. The summed E-state index contributed by atoms with van der Waals surface area (Å²) in [6.45, 7) is 0. The number of thiophene rings is 2. The normalized spacial score (nSPS) is 11.0. The fourth-order valence-corrected chi connectivity index (χ4v) is 16.7. The van der Waals surface area contributed by atoms with E-state index in [-0.39, 0.29) is 84.3 Å². The average Bonchev–Trinajstić information content (AvgIpc) is 1.53. The molecule has 0 aliphatic heterocycles. The zero-order chi connectivity index (χ0) is 79.7. The predicted octanol–water partition coefficient (Wildman–Crippen LogP) is 25.0. The number of furan rings is 2. The van der Waals surface area contributed by atoms with Crippen molar-refractivity contribution in [2.75, 3.05) is 0 Å². The van der Waals surface area contributed by atoms with Crippen molar-refractivity contribution in [3.05, 3.63) is 364 Å². The molecule has 0 unspecified atom stereocenters. The van der Waals surface area contributed by atoms with E-state index in [9.17, 15) is 0 Å². The predicted molar refractivity (Wildman–Crippen MR) is 463 cm³/mol. The van der Waals surface area contributed by atoms with Crippen LogP contribution in [0.3, 0.4) is 0 Å². The molecule has 0 saturated heterocycles. The van der Waals surface area contributed by atoms with E-state index in [0.29, 0.717) is 74.6 Å². The molecule has 0 bridgehead atoms. The van der Waals surface area contributed by atoms with Crippen LogP contribution in [0.2, 0.25) is 0 Å². The van der Waals surface area contributed by atoms with Crippen molar-refractivity contribution in [3.63, 3.8) is 0 Å². The van der Waals surface area contributed by atoms with Crippen LogP contribution in [0, 0.1) is 48.5 Å². The number of hydrogen-bond donors (Lipinski definition) is 0. The molecule has 0 spiro atoms. The second-order valence-corrected chi connectivity index (χ2v) is 30.6. The molecule has 0 atom stereocenters. The van der Waals surface area contributed by atoms with Crippen molar-refractivity contribution in [3.8, 4) is 136 Å². The Bertz CT molecular complexity index is 6800. The van der Waals surface area contributed by atoms with Gasteiger partial charge in [0.05, 0.1) is 67.4 Å². The van der Waals surface area contributed by atoms with Crippen LogP contribution < -0.4 is 18.9 Å². The van der Waals surface area contributed by atoms with Crippen molar-refractivity contribution >= 4 is 109 Å². The third-order valence-corrected chi connectivity index (χ3v) is 22.7. The van der Waals surface area contributed by atoms with E-state index in [1.54, 1.807) is 41.3 Å². The second-order valence-electron chi connectivity index (χ2n) is 26.6. The van der Waals surface area contributed by atoms with Gasteiger partial charge in [-0.25, -0.2) is 0 Å². The third-order valence-electron chi connectivity index (χ3n) is 18.8. The van der Waals surface area contributed by atoms with Gasteiger partial charge in [-0.15, -0.1) is 213 Å². The van der Waals surface area contributed by atoms with Gasteiger partial charge in [-0.05, 0) is 71.4 Å². The third kappa shape index (κ3) is 17.9. The van der Waals surface area contributed by atoms with Crippen LogP contribution in [-0.4, -0.2) is 57.5 Å². The van der Waals surface area contributed by atoms with Gasteiger partial charge >= 0.3 is 90.0 Å². The van der Waals surface area contributed by atoms with Crippen molar-refractivity contribution in [2.24, 2.45) is 0 Å². The average molecular weight is 2410 g/mol. The minimum absolute atomic E-state index is 0. The van der Waals surface area contributed by atoms with Crippen LogP contribution in [0.4, 0.5) is 0 Å². The number of pyridine rings is 4. The van der Waals surface area contributed by atoms with E-state index >= 15 is 0 Å². The van der Waals surface area contributed by atoms with Gasteiger partial charge in [-0.1, -0.05) is 83.9 Å². The van der Waals surface area contributed by atoms with Gasteiger partial charge in [0.2, 0.25) is 0 Å². The number of ether oxygens (including phenoxy) is 4. The van der Waals surface area contributed by atoms with E-state index in [0.717, 1.165) is 121 Å². The summed E-state index contributed by atoms with van der Waals surface area (Å²) < 4.78 is 55.6. The molecule has 0 fully saturated rings. The minimum atomic E-state index is 0. The van der Waals surface area contributed by atoms with Crippen LogP contribution >= 0.6 is 45.3 Å². The Morgan fingerprint density at radius 1 is 0.274 bits per heavy atom. The largest absolute Gasteiger partial charge is 2.00 e. The number of fused-ring (bicyclic) bond motifs is 8. The molecule has 16 heterocycles. The summed E-state index contributed by atoms with van der Waals surface area (Å²) in [7, 11) is 0. The summed E-state index contributed by atoms with van der Waals surface area (Å²) in [5.41, 5.74) is 14.1. The Balaban J connectivity index is 0.000000116. The van der Waals surface area contributed by atoms with E-state index in [4.69, 9.17) is 41.6 Å². The Hall–Kier alpha value is -12.8. The van der Waals surface area contributed by atoms with Gasteiger partial charge in [-0.2, -0.15) is 11.3 Å². The molecule has 24 rings (SSSR count). The topological polar surface area (TPSA) is 210 Å². The van der Waals surface area contributed by atoms with Gasteiger partial charge in [0.15, 0.2) is 9.79 Å². The molecular formula is C96H52N12O8Pt4S4. The quantitative estimate of drug-likeness (QED) is 0.0823. The van der Waals surface area contributed by atoms with E-state index in [1.165, 1.54) is 26.7 Å². The molecule has 24 aromatic rings. The number of oxazole rings is 2. The Kier molecular flexibility index (Phi) is 25.2. The minimum Gasteiger partial charge on any atom is -0.497 e. The molecule has 20 nitrogen and oxygen atoms in total. The van der Waals surface area contributed by atoms with Crippen LogP contribution in [-0.2, 0) is 84.3 Å². The fourth-order valence-electron chi connectivity index (χ4n) is 13.3. The molecule has 0 aliphatic carbocycles. The van der Waals surface area contributed by atoms with Crippen molar-refractivity contribution in [1.29, 1.82) is 0 Å². The molecule has 608 valence electrons. The maximum absolute atomic E-state index is 6.08. The molecule has 124 heavy (non-hydrogen) atoms. The number of aromatic nitrogens is 12. The molecule has 28 heteroatoms. The Morgan fingerprint density at radius 2 is 0.605 bits per heavy atom. The van der Waals surface area contributed by atoms with Crippen molar-refractivity contribution in [1.82, 2.24) is 57.5 Å². The molecule has 0 amide bonds. The number of benzene rings is 8. The smallest absolute Gasteiger partial charge is 0.497 e. The Morgan fingerprint density at radius 3 is 1.01 bits per heavy atom. The molecule has 0 N–H and O–H groups in total. The number of rotatable bonds is 16. The summed E-state index contributed by atoms with van der Waals surface area (Å²) in [6.07, 6.45) is 18.5. The fraction of sp³-hybridized carbons (Fsp3) is 0. The van der Waals surface area contributed by atoms with E-state index < -0.39 is 0 Å². The van der Waals surface area contributed by atoms with Crippen LogP contribution in [0.25, 0.3) is 153 Å². The SMILES string of the molecule is [Pt+2].[Pt+2].[Pt+2].[Pt+2].[c-]1c(Oc2[c-]c(-c3ncc4ccccn34)ccc2)cccc1-c1nc2ccoc2o1.[c-]1c(Oc2[c-]c(-c3ncc4ccccn34)ccc2)cccc1-c1nc2ccoc2s1.[c-]1c(Oc2[c-]c(-c3ncc4ccccn34)ccc2)cccc1-c1nc2ccsc2o1.[c-]1c(Oc2[c-]c(-c3ncc4ccccn34)ccc2)cccc1-c1nc2ccsc2s1. The molecular weight excluding hydrogens is 2360 g/mol.